The molecule has 0 aliphatic rings. The van der Waals surface area contributed by atoms with E-state index in [-0.39, 0.29) is 0 Å². The van der Waals surface area contributed by atoms with Crippen molar-refractivity contribution in [2.24, 2.45) is 11.8 Å². The molecule has 0 radical (unpaired) electrons. The number of aliphatic hydroxyl groups excluding tert-OH is 5. The quantitative estimate of drug-likeness (QED) is 0.346. The summed E-state index contributed by atoms with van der Waals surface area (Å²) in [6, 6.07) is 15.0. The van der Waals surface area contributed by atoms with Crippen LogP contribution in [0.25, 0.3) is 12.2 Å². The highest BCUT2D eigenvalue weighted by atomic mass is 16.4. The third kappa shape index (κ3) is 7.83. The normalized spacial score (nSPS) is 15.8. The smallest absolute Gasteiger partial charge is 0.140 e. The monoisotopic (exact) mass is 440 g/mol. The predicted octanol–water partition coefficient (Wildman–Crippen LogP) is 4.66. The van der Waals surface area contributed by atoms with Gasteiger partial charge < -0.3 is 25.5 Å². The van der Waals surface area contributed by atoms with E-state index in [9.17, 15) is 25.5 Å². The Labute approximate surface area is 191 Å². The predicted molar refractivity (Wildman–Crippen MR) is 129 cm³/mol. The number of rotatable bonds is 10. The Morgan fingerprint density at radius 2 is 0.938 bits per heavy atom. The Bertz CT molecular complexity index is 819. The molecule has 2 aromatic rings. The summed E-state index contributed by atoms with van der Waals surface area (Å²) in [4.78, 5) is 0. The maximum absolute atomic E-state index is 10.3. The summed E-state index contributed by atoms with van der Waals surface area (Å²) < 4.78 is 0. The van der Waals surface area contributed by atoms with Gasteiger partial charge in [0.25, 0.3) is 0 Å². The van der Waals surface area contributed by atoms with Crippen molar-refractivity contribution in [3.63, 3.8) is 0 Å². The molecule has 2 rings (SSSR count). The molecule has 0 heterocycles. The van der Waals surface area contributed by atoms with Gasteiger partial charge in [0.1, 0.15) is 29.8 Å². The van der Waals surface area contributed by atoms with E-state index in [0.717, 1.165) is 12.8 Å². The van der Waals surface area contributed by atoms with Crippen LogP contribution in [0.5, 0.6) is 0 Å². The molecular weight excluding hydrogens is 404 g/mol. The first-order valence-corrected chi connectivity index (χ1v) is 11.1. The molecule has 32 heavy (non-hydrogen) atoms. The Morgan fingerprint density at radius 3 is 1.22 bits per heavy atom. The molecule has 0 aliphatic heterocycles. The molecule has 0 aromatic heterocycles. The second kappa shape index (κ2) is 11.9. The Kier molecular flexibility index (Phi) is 9.51. The fourth-order valence-corrected chi connectivity index (χ4v) is 3.48. The summed E-state index contributed by atoms with van der Waals surface area (Å²) in [7, 11) is 0. The second-order valence-electron chi connectivity index (χ2n) is 9.20. The van der Waals surface area contributed by atoms with Gasteiger partial charge in [-0.2, -0.15) is 0 Å². The molecule has 3 atom stereocenters. The minimum atomic E-state index is -1.80. The van der Waals surface area contributed by atoms with Gasteiger partial charge in [-0.1, -0.05) is 76.2 Å². The van der Waals surface area contributed by atoms with Crippen LogP contribution in [-0.2, 0) is 12.8 Å². The molecule has 0 bridgehead atoms. The number of aliphatic hydroxyl groups is 5. The summed E-state index contributed by atoms with van der Waals surface area (Å²) >= 11 is 0. The van der Waals surface area contributed by atoms with E-state index in [4.69, 9.17) is 0 Å². The van der Waals surface area contributed by atoms with Crippen LogP contribution in [0, 0.1) is 11.8 Å². The van der Waals surface area contributed by atoms with Gasteiger partial charge in [0, 0.05) is 0 Å². The molecule has 5 N–H and O–H groups in total. The summed E-state index contributed by atoms with van der Waals surface area (Å²) in [6.07, 6.45) is -0.788. The number of benzene rings is 2. The van der Waals surface area contributed by atoms with Crippen molar-refractivity contribution in [3.05, 3.63) is 82.3 Å². The van der Waals surface area contributed by atoms with Gasteiger partial charge in [-0.05, 0) is 59.1 Å². The second-order valence-corrected chi connectivity index (χ2v) is 9.20. The summed E-state index contributed by atoms with van der Waals surface area (Å²) in [6.45, 7) is 8.53. The van der Waals surface area contributed by atoms with Crippen LogP contribution in [0.2, 0.25) is 0 Å². The Balaban J connectivity index is 2.05. The molecule has 0 fully saturated rings. The molecule has 5 nitrogen and oxygen atoms in total. The molecule has 2 aromatic carbocycles. The van der Waals surface area contributed by atoms with Crippen molar-refractivity contribution in [1.82, 2.24) is 0 Å². The van der Waals surface area contributed by atoms with E-state index in [1.807, 2.05) is 48.5 Å². The third-order valence-corrected chi connectivity index (χ3v) is 5.13. The number of hydrogen-bond acceptors (Lipinski definition) is 5. The lowest BCUT2D eigenvalue weighted by atomic mass is 9.99. The maximum Gasteiger partial charge on any atom is 0.140 e. The van der Waals surface area contributed by atoms with Crippen LogP contribution in [-0.4, -0.2) is 43.8 Å². The zero-order valence-electron chi connectivity index (χ0n) is 19.3. The van der Waals surface area contributed by atoms with Crippen LogP contribution in [0.4, 0.5) is 0 Å². The van der Waals surface area contributed by atoms with Crippen LogP contribution < -0.4 is 0 Å². The van der Waals surface area contributed by atoms with Gasteiger partial charge in [-0.3, -0.25) is 0 Å². The van der Waals surface area contributed by atoms with E-state index < -0.39 is 29.8 Å². The topological polar surface area (TPSA) is 101 Å². The van der Waals surface area contributed by atoms with Crippen LogP contribution in [0.3, 0.4) is 0 Å². The van der Waals surface area contributed by atoms with Crippen LogP contribution >= 0.6 is 0 Å². The first kappa shape index (κ1) is 25.7. The highest BCUT2D eigenvalue weighted by Crippen LogP contribution is 2.19. The van der Waals surface area contributed by atoms with Crippen molar-refractivity contribution < 1.29 is 25.5 Å². The summed E-state index contributed by atoms with van der Waals surface area (Å²) in [5.41, 5.74) is 3.63. The molecule has 0 saturated heterocycles. The molecule has 0 aliphatic carbocycles. The van der Waals surface area contributed by atoms with Gasteiger partial charge >= 0.3 is 0 Å². The van der Waals surface area contributed by atoms with E-state index >= 15 is 0 Å². The zero-order valence-corrected chi connectivity index (χ0v) is 19.3. The molecule has 0 amide bonds. The molecule has 5 heteroatoms. The molecular formula is C27H36O5. The van der Waals surface area contributed by atoms with E-state index in [1.54, 1.807) is 0 Å². The Hall–Kier alpha value is -2.60. The Morgan fingerprint density at radius 1 is 0.625 bits per heavy atom. The highest BCUT2D eigenvalue weighted by Gasteiger charge is 2.30. The van der Waals surface area contributed by atoms with Crippen LogP contribution in [0.15, 0.2) is 60.0 Å². The van der Waals surface area contributed by atoms with Gasteiger partial charge in [0.2, 0.25) is 0 Å². The average molecular weight is 441 g/mol. The zero-order chi connectivity index (χ0) is 23.8. The fraction of sp³-hybridized carbons (Fsp3) is 0.407. The minimum absolute atomic E-state index is 0.501. The number of hydrogen-bond donors (Lipinski definition) is 5. The van der Waals surface area contributed by atoms with Crippen molar-refractivity contribution in [2.75, 3.05) is 0 Å². The van der Waals surface area contributed by atoms with Crippen molar-refractivity contribution in [2.45, 2.75) is 58.8 Å². The molecule has 0 spiro atoms. The van der Waals surface area contributed by atoms with Gasteiger partial charge in [0.05, 0.1) is 0 Å². The van der Waals surface area contributed by atoms with Gasteiger partial charge in [0.15, 0.2) is 0 Å². The highest BCUT2D eigenvalue weighted by molar-refractivity contribution is 5.54. The van der Waals surface area contributed by atoms with Crippen LogP contribution in [0.1, 0.15) is 49.9 Å². The van der Waals surface area contributed by atoms with Crippen molar-refractivity contribution in [1.29, 1.82) is 0 Å². The summed E-state index contributed by atoms with van der Waals surface area (Å²) in [5.74, 6) is 0.0573. The first-order chi connectivity index (χ1) is 15.1. The van der Waals surface area contributed by atoms with E-state index in [0.29, 0.717) is 23.0 Å². The van der Waals surface area contributed by atoms with E-state index in [2.05, 4.69) is 27.7 Å². The summed E-state index contributed by atoms with van der Waals surface area (Å²) in [5, 5.41) is 51.2. The third-order valence-electron chi connectivity index (χ3n) is 5.13. The van der Waals surface area contributed by atoms with Crippen molar-refractivity contribution in [3.8, 4) is 0 Å². The first-order valence-electron chi connectivity index (χ1n) is 11.1. The standard InChI is InChI=1S/C27H36O5/c1-17(2)13-19-5-9-21(10-6-19)15-23(28)25(30)27(32)26(31)24(29)16-22-11-7-20(8-12-22)14-18(3)4/h5-12,15-18,25-32H,13-14H2,1-4H3/t25-,26+,27?. The van der Waals surface area contributed by atoms with Gasteiger partial charge in [-0.15, -0.1) is 0 Å². The lowest BCUT2D eigenvalue weighted by molar-refractivity contribution is -0.0540. The van der Waals surface area contributed by atoms with Gasteiger partial charge in [-0.25, -0.2) is 0 Å². The lowest BCUT2D eigenvalue weighted by Gasteiger charge is -2.22. The van der Waals surface area contributed by atoms with E-state index in [1.165, 1.54) is 23.3 Å². The average Bonchev–Trinajstić information content (AvgIpc) is 2.74. The maximum atomic E-state index is 10.3. The fourth-order valence-electron chi connectivity index (χ4n) is 3.48. The molecule has 174 valence electrons. The SMILES string of the molecule is CC(C)Cc1ccc(C=C(O)[C@@H](O)C(O)[C@@H](O)C(O)=Cc2ccc(CC(C)C)cc2)cc1. The lowest BCUT2D eigenvalue weighted by Crippen LogP contribution is -2.39. The largest absolute Gasteiger partial charge is 0.509 e. The molecule has 0 saturated carbocycles. The minimum Gasteiger partial charge on any atom is -0.509 e. The van der Waals surface area contributed by atoms with Crippen molar-refractivity contribution >= 4 is 12.2 Å². The molecule has 1 unspecified atom stereocenters.